The van der Waals surface area contributed by atoms with Crippen LogP contribution in [0.15, 0.2) is 30.3 Å². The van der Waals surface area contributed by atoms with Gasteiger partial charge in [-0.15, -0.1) is 11.3 Å². The highest BCUT2D eigenvalue weighted by Gasteiger charge is 2.05. The fourth-order valence-corrected chi connectivity index (χ4v) is 1.86. The molecule has 14 heavy (non-hydrogen) atoms. The number of benzene rings is 1. The minimum Gasteiger partial charge on any atom is -0.494 e. The third-order valence-corrected chi connectivity index (χ3v) is 2.75. The zero-order valence-electron chi connectivity index (χ0n) is 7.58. The Morgan fingerprint density at radius 3 is 2.79 bits per heavy atom. The summed E-state index contributed by atoms with van der Waals surface area (Å²) in [6, 6.07) is 8.67. The lowest BCUT2D eigenvalue weighted by Gasteiger charge is -2.03. The van der Waals surface area contributed by atoms with Crippen LogP contribution in [0.25, 0.3) is 10.4 Å². The summed E-state index contributed by atoms with van der Waals surface area (Å²) in [6.45, 7) is 0. The van der Waals surface area contributed by atoms with Crippen LogP contribution in [-0.4, -0.2) is 7.11 Å². The van der Waals surface area contributed by atoms with Crippen molar-refractivity contribution in [3.63, 3.8) is 0 Å². The first-order chi connectivity index (χ1) is 6.81. The monoisotopic (exact) mass is 207 g/mol. The lowest BCUT2D eigenvalue weighted by molar-refractivity contribution is 0.386. The Morgan fingerprint density at radius 2 is 2.21 bits per heavy atom. The molecule has 0 N–H and O–H groups in total. The molecule has 1 nitrogen and oxygen atoms in total. The van der Waals surface area contributed by atoms with Crippen LogP contribution in [0.5, 0.6) is 5.75 Å². The first-order valence-electron chi connectivity index (χ1n) is 4.11. The van der Waals surface area contributed by atoms with Crippen LogP contribution < -0.4 is 4.74 Å². The summed E-state index contributed by atoms with van der Waals surface area (Å²) in [7, 11) is 1.46. The predicted octanol–water partition coefficient (Wildman–Crippen LogP) is 3.36. The summed E-state index contributed by atoms with van der Waals surface area (Å²) in [5, 5.41) is 2.96. The minimum atomic E-state index is -0.335. The molecule has 0 aliphatic heterocycles. The van der Waals surface area contributed by atoms with Gasteiger partial charge >= 0.3 is 0 Å². The van der Waals surface area contributed by atoms with Gasteiger partial charge in [0, 0.05) is 10.3 Å². The Hall–Kier alpha value is -1.35. The van der Waals surface area contributed by atoms with Crippen LogP contribution in [0.1, 0.15) is 0 Å². The third-order valence-electron chi connectivity index (χ3n) is 1.91. The normalized spacial score (nSPS) is 10.1. The van der Waals surface area contributed by atoms with Gasteiger partial charge in [-0.1, -0.05) is 0 Å². The number of hydrogen-bond acceptors (Lipinski definition) is 2. The zero-order chi connectivity index (χ0) is 9.97. The molecule has 0 amide bonds. The van der Waals surface area contributed by atoms with E-state index in [-0.39, 0.29) is 11.6 Å². The van der Waals surface area contributed by atoms with E-state index in [9.17, 15) is 4.39 Å². The van der Waals surface area contributed by atoms with Crippen LogP contribution in [0.3, 0.4) is 0 Å². The van der Waals surface area contributed by atoms with E-state index in [1.165, 1.54) is 24.5 Å². The van der Waals surface area contributed by atoms with Gasteiger partial charge in [-0.3, -0.25) is 0 Å². The van der Waals surface area contributed by atoms with Gasteiger partial charge in [0.1, 0.15) is 0 Å². The second kappa shape index (κ2) is 3.80. The fraction of sp³-hybridized carbons (Fsp3) is 0.0909. The molecule has 1 aromatic carbocycles. The van der Waals surface area contributed by atoms with Gasteiger partial charge in [0.05, 0.1) is 7.11 Å². The highest BCUT2D eigenvalue weighted by atomic mass is 32.1. The minimum absolute atomic E-state index is 0.272. The Labute approximate surface area is 85.8 Å². The van der Waals surface area contributed by atoms with E-state index in [0.717, 1.165) is 10.4 Å². The number of thiophene rings is 1. The van der Waals surface area contributed by atoms with E-state index >= 15 is 0 Å². The Bertz CT molecular complexity index is 423. The van der Waals surface area contributed by atoms with Crippen molar-refractivity contribution in [3.8, 4) is 16.2 Å². The molecule has 0 saturated heterocycles. The van der Waals surface area contributed by atoms with Crippen molar-refractivity contribution < 1.29 is 9.13 Å². The molecular formula is C11H8FOS. The molecule has 0 atom stereocenters. The number of halogens is 1. The molecule has 2 rings (SSSR count). The maximum atomic E-state index is 13.3. The van der Waals surface area contributed by atoms with Crippen molar-refractivity contribution >= 4 is 11.3 Å². The van der Waals surface area contributed by atoms with E-state index < -0.39 is 0 Å². The van der Waals surface area contributed by atoms with Gasteiger partial charge < -0.3 is 4.74 Å². The van der Waals surface area contributed by atoms with Crippen molar-refractivity contribution in [2.24, 2.45) is 0 Å². The van der Waals surface area contributed by atoms with Crippen molar-refractivity contribution in [1.29, 1.82) is 0 Å². The molecule has 0 unspecified atom stereocenters. The van der Waals surface area contributed by atoms with Crippen LogP contribution in [-0.2, 0) is 0 Å². The first kappa shape index (κ1) is 9.21. The Balaban J connectivity index is 2.43. The molecule has 1 heterocycles. The van der Waals surface area contributed by atoms with Crippen molar-refractivity contribution in [2.45, 2.75) is 0 Å². The summed E-state index contributed by atoms with van der Waals surface area (Å²) in [5.41, 5.74) is 0.856. The van der Waals surface area contributed by atoms with Gasteiger partial charge in [0.25, 0.3) is 0 Å². The second-order valence-corrected chi connectivity index (χ2v) is 3.65. The SMILES string of the molecule is COc1ccc(-c2cc[c]s2)cc1F. The molecule has 0 aliphatic rings. The Kier molecular flexibility index (Phi) is 2.50. The quantitative estimate of drug-likeness (QED) is 0.733. The highest BCUT2D eigenvalue weighted by Crippen LogP contribution is 2.28. The average molecular weight is 207 g/mol. The Morgan fingerprint density at radius 1 is 1.36 bits per heavy atom. The van der Waals surface area contributed by atoms with E-state index in [2.05, 4.69) is 5.38 Å². The summed E-state index contributed by atoms with van der Waals surface area (Å²) < 4.78 is 18.1. The van der Waals surface area contributed by atoms with Crippen LogP contribution in [0, 0.1) is 11.2 Å². The summed E-state index contributed by atoms with van der Waals surface area (Å²) in [5.74, 6) is -0.0623. The molecule has 1 radical (unpaired) electrons. The van der Waals surface area contributed by atoms with Gasteiger partial charge in [-0.05, 0) is 35.9 Å². The molecule has 2 aromatic rings. The van der Waals surface area contributed by atoms with Gasteiger partial charge in [-0.2, -0.15) is 0 Å². The van der Waals surface area contributed by atoms with Crippen molar-refractivity contribution in [2.75, 3.05) is 7.11 Å². The zero-order valence-corrected chi connectivity index (χ0v) is 8.40. The standard InChI is InChI=1S/C11H8FOS/c1-13-10-5-4-8(7-9(10)12)11-3-2-6-14-11/h2-5,7H,1H3. The molecule has 0 bridgehead atoms. The van der Waals surface area contributed by atoms with Gasteiger partial charge in [0.15, 0.2) is 11.6 Å². The molecular weight excluding hydrogens is 199 g/mol. The largest absolute Gasteiger partial charge is 0.494 e. The molecule has 1 aromatic heterocycles. The lowest BCUT2D eigenvalue weighted by atomic mass is 10.2. The van der Waals surface area contributed by atoms with Crippen molar-refractivity contribution in [1.82, 2.24) is 0 Å². The predicted molar refractivity (Wildman–Crippen MR) is 55.1 cm³/mol. The molecule has 3 heteroatoms. The fourth-order valence-electron chi connectivity index (χ4n) is 1.22. The lowest BCUT2D eigenvalue weighted by Crippen LogP contribution is -1.87. The second-order valence-electron chi connectivity index (χ2n) is 2.77. The van der Waals surface area contributed by atoms with Crippen LogP contribution >= 0.6 is 11.3 Å². The summed E-state index contributed by atoms with van der Waals surface area (Å²) >= 11 is 1.47. The van der Waals surface area contributed by atoms with Crippen LogP contribution in [0.4, 0.5) is 4.39 Å². The average Bonchev–Trinajstić information content (AvgIpc) is 2.70. The maximum Gasteiger partial charge on any atom is 0.165 e. The van der Waals surface area contributed by atoms with Crippen LogP contribution in [0.2, 0.25) is 0 Å². The summed E-state index contributed by atoms with van der Waals surface area (Å²) in [4.78, 5) is 1.01. The maximum absolute atomic E-state index is 13.3. The van der Waals surface area contributed by atoms with Gasteiger partial charge in [-0.25, -0.2) is 4.39 Å². The van der Waals surface area contributed by atoms with Crippen molar-refractivity contribution in [3.05, 3.63) is 41.5 Å². The smallest absolute Gasteiger partial charge is 0.165 e. The van der Waals surface area contributed by atoms with E-state index in [0.29, 0.717) is 0 Å². The molecule has 0 saturated carbocycles. The molecule has 71 valence electrons. The topological polar surface area (TPSA) is 9.23 Å². The molecule has 0 spiro atoms. The van der Waals surface area contributed by atoms with Gasteiger partial charge in [0.2, 0.25) is 0 Å². The highest BCUT2D eigenvalue weighted by molar-refractivity contribution is 7.13. The molecule has 0 aliphatic carbocycles. The van der Waals surface area contributed by atoms with E-state index in [1.54, 1.807) is 6.07 Å². The third kappa shape index (κ3) is 1.63. The molecule has 0 fully saturated rings. The number of ether oxygens (including phenoxy) is 1. The number of methoxy groups -OCH3 is 1. The number of rotatable bonds is 2. The summed E-state index contributed by atoms with van der Waals surface area (Å²) in [6.07, 6.45) is 0. The first-order valence-corrected chi connectivity index (χ1v) is 4.92. The van der Waals surface area contributed by atoms with E-state index in [1.807, 2.05) is 18.2 Å². The van der Waals surface area contributed by atoms with E-state index in [4.69, 9.17) is 4.74 Å². The number of hydrogen-bond donors (Lipinski definition) is 0.